The summed E-state index contributed by atoms with van der Waals surface area (Å²) in [6.45, 7) is 4.13. The fourth-order valence-corrected chi connectivity index (χ4v) is 6.25. The summed E-state index contributed by atoms with van der Waals surface area (Å²) in [5.41, 5.74) is 2.43. The zero-order valence-electron chi connectivity index (χ0n) is 18.7. The molecule has 2 heterocycles. The molecule has 33 heavy (non-hydrogen) atoms. The van der Waals surface area contributed by atoms with Gasteiger partial charge in [-0.25, -0.2) is 13.4 Å². The lowest BCUT2D eigenvalue weighted by atomic mass is 10.3. The minimum absolute atomic E-state index is 0.180. The van der Waals surface area contributed by atoms with Crippen molar-refractivity contribution in [3.8, 4) is 0 Å². The van der Waals surface area contributed by atoms with Crippen molar-refractivity contribution in [1.82, 2.24) is 13.9 Å². The van der Waals surface area contributed by atoms with E-state index >= 15 is 0 Å². The molecular weight excluding hydrogens is 460 g/mol. The molecule has 1 aliphatic rings. The number of ether oxygens (including phenoxy) is 1. The number of sulfonamides is 1. The minimum atomic E-state index is -3.47. The van der Waals surface area contributed by atoms with Gasteiger partial charge in [-0.3, -0.25) is 4.79 Å². The molecule has 3 aromatic rings. The van der Waals surface area contributed by atoms with Crippen LogP contribution in [0.4, 0.5) is 5.69 Å². The van der Waals surface area contributed by atoms with Gasteiger partial charge in [0.15, 0.2) is 5.16 Å². The first-order chi connectivity index (χ1) is 15.9. The van der Waals surface area contributed by atoms with Gasteiger partial charge in [0, 0.05) is 32.4 Å². The van der Waals surface area contributed by atoms with Gasteiger partial charge < -0.3 is 14.6 Å². The number of thioether (sulfide) groups is 1. The summed E-state index contributed by atoms with van der Waals surface area (Å²) < 4.78 is 34.2. The van der Waals surface area contributed by atoms with Crippen LogP contribution in [0.15, 0.2) is 58.6 Å². The number of nitrogens with one attached hydrogen (secondary N) is 1. The van der Waals surface area contributed by atoms with E-state index < -0.39 is 15.3 Å². The molecular formula is C23H28N4O4S2. The minimum Gasteiger partial charge on any atom is -0.383 e. The molecule has 8 nitrogen and oxygen atoms in total. The number of amides is 1. The van der Waals surface area contributed by atoms with Crippen molar-refractivity contribution in [3.63, 3.8) is 0 Å². The van der Waals surface area contributed by atoms with Crippen molar-refractivity contribution in [1.29, 1.82) is 0 Å². The van der Waals surface area contributed by atoms with Crippen molar-refractivity contribution >= 4 is 44.4 Å². The van der Waals surface area contributed by atoms with Crippen LogP contribution in [-0.2, 0) is 26.1 Å². The highest BCUT2D eigenvalue weighted by atomic mass is 32.2. The van der Waals surface area contributed by atoms with Crippen molar-refractivity contribution in [2.45, 2.75) is 41.6 Å². The number of hydrogen-bond acceptors (Lipinski definition) is 6. The molecule has 1 amide bonds. The summed E-state index contributed by atoms with van der Waals surface area (Å²) in [4.78, 5) is 17.8. The second-order valence-corrected chi connectivity index (χ2v) is 11.2. The standard InChI is InChI=1S/C23H28N4O4S2/c1-17(32-23-25-20-7-3-4-8-21(20)27(23)15-16-31-2)22(28)24-18-9-11-19(12-10-18)33(29,30)26-13-5-6-14-26/h3-4,7-12,17H,5-6,13-16H2,1-2H3,(H,24,28). The molecule has 2 aromatic carbocycles. The summed E-state index contributed by atoms with van der Waals surface area (Å²) in [5.74, 6) is -0.180. The maximum atomic E-state index is 12.8. The Bertz CT molecular complexity index is 1220. The number of benzene rings is 2. The van der Waals surface area contributed by atoms with Gasteiger partial charge in [0.2, 0.25) is 15.9 Å². The van der Waals surface area contributed by atoms with Gasteiger partial charge in [-0.15, -0.1) is 0 Å². The molecule has 1 aliphatic heterocycles. The Morgan fingerprint density at radius 2 is 1.85 bits per heavy atom. The van der Waals surface area contributed by atoms with Crippen LogP contribution in [0.25, 0.3) is 11.0 Å². The number of hydrogen-bond donors (Lipinski definition) is 1. The highest BCUT2D eigenvalue weighted by Crippen LogP contribution is 2.28. The molecule has 0 bridgehead atoms. The van der Waals surface area contributed by atoms with E-state index in [4.69, 9.17) is 9.72 Å². The SMILES string of the molecule is COCCn1c(SC(C)C(=O)Nc2ccc(S(=O)(=O)N3CCCC3)cc2)nc2ccccc21. The average Bonchev–Trinajstić information content (AvgIpc) is 3.47. The van der Waals surface area contributed by atoms with Gasteiger partial charge in [0.1, 0.15) is 0 Å². The zero-order chi connectivity index (χ0) is 23.4. The number of nitrogens with zero attached hydrogens (tertiary/aromatic N) is 3. The van der Waals surface area contributed by atoms with Crippen LogP contribution < -0.4 is 5.32 Å². The van der Waals surface area contributed by atoms with E-state index in [1.165, 1.54) is 16.1 Å². The molecule has 4 rings (SSSR count). The van der Waals surface area contributed by atoms with Crippen LogP contribution in [0.1, 0.15) is 19.8 Å². The predicted molar refractivity (Wildman–Crippen MR) is 130 cm³/mol. The molecule has 0 radical (unpaired) electrons. The van der Waals surface area contributed by atoms with Crippen LogP contribution in [0, 0.1) is 0 Å². The third kappa shape index (κ3) is 5.24. The largest absolute Gasteiger partial charge is 0.383 e. The molecule has 0 spiro atoms. The van der Waals surface area contributed by atoms with E-state index in [1.807, 2.05) is 31.2 Å². The highest BCUT2D eigenvalue weighted by Gasteiger charge is 2.27. The van der Waals surface area contributed by atoms with E-state index in [0.717, 1.165) is 29.0 Å². The molecule has 176 valence electrons. The third-order valence-electron chi connectivity index (χ3n) is 5.61. The molecule has 0 aliphatic carbocycles. The van der Waals surface area contributed by atoms with Crippen LogP contribution >= 0.6 is 11.8 Å². The highest BCUT2D eigenvalue weighted by molar-refractivity contribution is 8.00. The number of para-hydroxylation sites is 2. The number of imidazole rings is 1. The van der Waals surface area contributed by atoms with Crippen molar-refractivity contribution < 1.29 is 17.9 Å². The topological polar surface area (TPSA) is 93.5 Å². The Morgan fingerprint density at radius 3 is 2.55 bits per heavy atom. The van der Waals surface area contributed by atoms with Gasteiger partial charge >= 0.3 is 0 Å². The molecule has 0 saturated carbocycles. The normalized spacial score (nSPS) is 15.7. The maximum Gasteiger partial charge on any atom is 0.243 e. The lowest BCUT2D eigenvalue weighted by Gasteiger charge is -2.16. The van der Waals surface area contributed by atoms with Crippen molar-refractivity contribution in [2.24, 2.45) is 0 Å². The fourth-order valence-electron chi connectivity index (χ4n) is 3.79. The lowest BCUT2D eigenvalue weighted by molar-refractivity contribution is -0.115. The number of anilines is 1. The molecule has 10 heteroatoms. The molecule has 1 unspecified atom stereocenters. The lowest BCUT2D eigenvalue weighted by Crippen LogP contribution is -2.27. The van der Waals surface area contributed by atoms with E-state index in [9.17, 15) is 13.2 Å². The second-order valence-electron chi connectivity index (χ2n) is 7.91. The zero-order valence-corrected chi connectivity index (χ0v) is 20.4. The summed E-state index contributed by atoms with van der Waals surface area (Å²) in [6.07, 6.45) is 1.78. The first-order valence-electron chi connectivity index (χ1n) is 10.9. The number of carbonyl (C=O) groups is 1. The van der Waals surface area contributed by atoms with E-state index in [0.29, 0.717) is 31.9 Å². The summed E-state index contributed by atoms with van der Waals surface area (Å²) in [7, 11) is -1.81. The van der Waals surface area contributed by atoms with Gasteiger partial charge in [-0.1, -0.05) is 23.9 Å². The van der Waals surface area contributed by atoms with E-state index in [2.05, 4.69) is 9.88 Å². The van der Waals surface area contributed by atoms with Crippen LogP contribution in [0.2, 0.25) is 0 Å². The maximum absolute atomic E-state index is 12.8. The molecule has 1 saturated heterocycles. The molecule has 1 fully saturated rings. The Hall–Kier alpha value is -2.40. The molecule has 1 atom stereocenters. The second kappa shape index (κ2) is 10.3. The van der Waals surface area contributed by atoms with Crippen LogP contribution in [-0.4, -0.2) is 60.2 Å². The number of methoxy groups -OCH3 is 1. The van der Waals surface area contributed by atoms with E-state index in [-0.39, 0.29) is 10.8 Å². The molecule has 1 N–H and O–H groups in total. The number of fused-ring (bicyclic) bond motifs is 1. The first kappa shape index (κ1) is 23.7. The van der Waals surface area contributed by atoms with Crippen LogP contribution in [0.5, 0.6) is 0 Å². The van der Waals surface area contributed by atoms with Gasteiger partial charge in [-0.05, 0) is 56.2 Å². The van der Waals surface area contributed by atoms with Crippen LogP contribution in [0.3, 0.4) is 0 Å². The Balaban J connectivity index is 1.44. The summed E-state index contributed by atoms with van der Waals surface area (Å²) >= 11 is 1.38. The average molecular weight is 489 g/mol. The summed E-state index contributed by atoms with van der Waals surface area (Å²) in [5, 5.41) is 3.22. The predicted octanol–water partition coefficient (Wildman–Crippen LogP) is 3.59. The third-order valence-corrected chi connectivity index (χ3v) is 8.62. The number of aromatic nitrogens is 2. The Morgan fingerprint density at radius 1 is 1.15 bits per heavy atom. The van der Waals surface area contributed by atoms with Gasteiger partial charge in [0.05, 0.1) is 27.8 Å². The van der Waals surface area contributed by atoms with Crippen molar-refractivity contribution in [2.75, 3.05) is 32.1 Å². The number of carbonyl (C=O) groups excluding carboxylic acids is 1. The molecule has 1 aromatic heterocycles. The summed E-state index contributed by atoms with van der Waals surface area (Å²) in [6, 6.07) is 14.2. The smallest absolute Gasteiger partial charge is 0.243 e. The quantitative estimate of drug-likeness (QED) is 0.463. The Labute approximate surface area is 198 Å². The number of rotatable bonds is 9. The first-order valence-corrected chi connectivity index (χ1v) is 13.2. The van der Waals surface area contributed by atoms with Crippen molar-refractivity contribution in [3.05, 3.63) is 48.5 Å². The van der Waals surface area contributed by atoms with E-state index in [1.54, 1.807) is 31.4 Å². The van der Waals surface area contributed by atoms with Gasteiger partial charge in [-0.2, -0.15) is 4.31 Å². The Kier molecular flexibility index (Phi) is 7.38. The monoisotopic (exact) mass is 488 g/mol. The fraction of sp³-hybridized carbons (Fsp3) is 0.391. The van der Waals surface area contributed by atoms with Gasteiger partial charge in [0.25, 0.3) is 0 Å².